The summed E-state index contributed by atoms with van der Waals surface area (Å²) in [7, 11) is 0. The molecular formula is C22H22N4OS. The molecule has 2 heterocycles. The molecule has 0 saturated carbocycles. The Morgan fingerprint density at radius 1 is 0.964 bits per heavy atom. The van der Waals surface area contributed by atoms with E-state index >= 15 is 0 Å². The normalized spacial score (nSPS) is 12.3. The van der Waals surface area contributed by atoms with Gasteiger partial charge in [-0.15, -0.1) is 10.2 Å². The fourth-order valence-electron chi connectivity index (χ4n) is 3.06. The molecule has 0 saturated heterocycles. The SMILES string of the molecule is Cc1ccc(-c2nnc([C@H](C)Sc3nccn3-c3ccc(C)cc3C)o2)cc1. The van der Waals surface area contributed by atoms with Gasteiger partial charge in [-0.05, 0) is 51.5 Å². The van der Waals surface area contributed by atoms with Crippen LogP contribution in [0.4, 0.5) is 0 Å². The summed E-state index contributed by atoms with van der Waals surface area (Å²) in [6, 6.07) is 14.5. The summed E-state index contributed by atoms with van der Waals surface area (Å²) < 4.78 is 8.03. The molecule has 4 aromatic rings. The Morgan fingerprint density at radius 2 is 1.71 bits per heavy atom. The molecule has 0 amide bonds. The Hall–Kier alpha value is -2.86. The van der Waals surface area contributed by atoms with Crippen LogP contribution in [0.1, 0.15) is 34.8 Å². The van der Waals surface area contributed by atoms with E-state index in [-0.39, 0.29) is 5.25 Å². The fourth-order valence-corrected chi connectivity index (χ4v) is 3.96. The minimum Gasteiger partial charge on any atom is -0.419 e. The first kappa shape index (κ1) is 18.5. The summed E-state index contributed by atoms with van der Waals surface area (Å²) >= 11 is 1.60. The first-order chi connectivity index (χ1) is 13.5. The third-order valence-corrected chi connectivity index (χ3v) is 5.66. The minimum atomic E-state index is -0.0152. The number of rotatable bonds is 5. The molecule has 0 radical (unpaired) electrons. The van der Waals surface area contributed by atoms with Crippen LogP contribution in [0.5, 0.6) is 0 Å². The van der Waals surface area contributed by atoms with E-state index in [2.05, 4.69) is 65.6 Å². The molecule has 6 heteroatoms. The standard InChI is InChI=1S/C22H22N4OS/c1-14-5-8-18(9-6-14)21-25-24-20(27-21)17(4)28-22-23-11-12-26(22)19-10-7-15(2)13-16(19)3/h5-13,17H,1-4H3/t17-/m0/s1. The van der Waals surface area contributed by atoms with E-state index in [9.17, 15) is 0 Å². The third-order valence-electron chi connectivity index (χ3n) is 4.59. The average Bonchev–Trinajstić information content (AvgIpc) is 3.32. The number of imidazole rings is 1. The van der Waals surface area contributed by atoms with Crippen molar-refractivity contribution >= 4 is 11.8 Å². The molecule has 0 fully saturated rings. The lowest BCUT2D eigenvalue weighted by molar-refractivity contribution is 0.509. The van der Waals surface area contributed by atoms with Crippen LogP contribution in [0.15, 0.2) is 64.4 Å². The maximum absolute atomic E-state index is 5.93. The number of thioether (sulfide) groups is 1. The fraction of sp³-hybridized carbons (Fsp3) is 0.227. The summed E-state index contributed by atoms with van der Waals surface area (Å²) in [6.07, 6.45) is 3.80. The number of hydrogen-bond donors (Lipinski definition) is 0. The lowest BCUT2D eigenvalue weighted by Gasteiger charge is -2.12. The number of aryl methyl sites for hydroxylation is 3. The van der Waals surface area contributed by atoms with Gasteiger partial charge in [0.05, 0.1) is 10.9 Å². The van der Waals surface area contributed by atoms with Crippen molar-refractivity contribution in [2.75, 3.05) is 0 Å². The maximum Gasteiger partial charge on any atom is 0.247 e. The lowest BCUT2D eigenvalue weighted by atomic mass is 10.1. The minimum absolute atomic E-state index is 0.0152. The van der Waals surface area contributed by atoms with Crippen LogP contribution in [-0.2, 0) is 0 Å². The van der Waals surface area contributed by atoms with Gasteiger partial charge in [0.15, 0.2) is 5.16 Å². The molecule has 5 nitrogen and oxygen atoms in total. The molecule has 142 valence electrons. The second-order valence-electron chi connectivity index (χ2n) is 6.94. The molecule has 0 aliphatic carbocycles. The van der Waals surface area contributed by atoms with E-state index in [1.165, 1.54) is 16.7 Å². The Morgan fingerprint density at radius 3 is 2.46 bits per heavy atom. The molecule has 0 bridgehead atoms. The first-order valence-electron chi connectivity index (χ1n) is 9.19. The van der Waals surface area contributed by atoms with E-state index in [1.807, 2.05) is 36.7 Å². The van der Waals surface area contributed by atoms with Crippen molar-refractivity contribution in [1.29, 1.82) is 0 Å². The molecule has 0 aliphatic rings. The van der Waals surface area contributed by atoms with Gasteiger partial charge >= 0.3 is 0 Å². The second-order valence-corrected chi connectivity index (χ2v) is 8.25. The molecular weight excluding hydrogens is 368 g/mol. The van der Waals surface area contributed by atoms with E-state index in [1.54, 1.807) is 11.8 Å². The third kappa shape index (κ3) is 3.73. The van der Waals surface area contributed by atoms with Crippen LogP contribution in [0.25, 0.3) is 17.1 Å². The van der Waals surface area contributed by atoms with Gasteiger partial charge in [0.1, 0.15) is 0 Å². The quantitative estimate of drug-likeness (QED) is 0.409. The zero-order valence-corrected chi connectivity index (χ0v) is 17.2. The van der Waals surface area contributed by atoms with Crippen LogP contribution in [-0.4, -0.2) is 19.7 Å². The summed E-state index contributed by atoms with van der Waals surface area (Å²) in [5.74, 6) is 1.14. The zero-order valence-electron chi connectivity index (χ0n) is 16.4. The Bertz CT molecular complexity index is 1100. The number of hydrogen-bond acceptors (Lipinski definition) is 5. The highest BCUT2D eigenvalue weighted by molar-refractivity contribution is 7.99. The van der Waals surface area contributed by atoms with Crippen molar-refractivity contribution in [1.82, 2.24) is 19.7 Å². The molecule has 0 spiro atoms. The number of aromatic nitrogens is 4. The van der Waals surface area contributed by atoms with Gasteiger partial charge < -0.3 is 4.42 Å². The second kappa shape index (κ2) is 7.64. The van der Waals surface area contributed by atoms with Crippen molar-refractivity contribution in [2.24, 2.45) is 0 Å². The van der Waals surface area contributed by atoms with Gasteiger partial charge in [-0.3, -0.25) is 4.57 Å². The van der Waals surface area contributed by atoms with Crippen LogP contribution in [0, 0.1) is 20.8 Å². The Kier molecular flexibility index (Phi) is 5.05. The predicted molar refractivity (Wildman–Crippen MR) is 112 cm³/mol. The number of nitrogens with zero attached hydrogens (tertiary/aromatic N) is 4. The van der Waals surface area contributed by atoms with Gasteiger partial charge in [-0.25, -0.2) is 4.98 Å². The monoisotopic (exact) mass is 390 g/mol. The highest BCUT2D eigenvalue weighted by Gasteiger charge is 2.19. The highest BCUT2D eigenvalue weighted by Crippen LogP contribution is 2.35. The highest BCUT2D eigenvalue weighted by atomic mass is 32.2. The van der Waals surface area contributed by atoms with Gasteiger partial charge in [-0.2, -0.15) is 0 Å². The predicted octanol–water partition coefficient (Wildman–Crippen LogP) is 5.70. The van der Waals surface area contributed by atoms with Crippen molar-refractivity contribution in [3.63, 3.8) is 0 Å². The Labute approximate surface area is 168 Å². The summed E-state index contributed by atoms with van der Waals surface area (Å²) in [5, 5.41) is 9.35. The smallest absolute Gasteiger partial charge is 0.247 e. The molecule has 0 aliphatic heterocycles. The lowest BCUT2D eigenvalue weighted by Crippen LogP contribution is -2.00. The summed E-state index contributed by atoms with van der Waals surface area (Å²) in [4.78, 5) is 4.53. The van der Waals surface area contributed by atoms with Crippen LogP contribution >= 0.6 is 11.8 Å². The topological polar surface area (TPSA) is 56.7 Å². The van der Waals surface area contributed by atoms with Gasteiger partial charge in [0, 0.05) is 18.0 Å². The number of benzene rings is 2. The molecule has 2 aromatic heterocycles. The van der Waals surface area contributed by atoms with Crippen molar-refractivity contribution in [3.8, 4) is 17.1 Å². The van der Waals surface area contributed by atoms with Crippen molar-refractivity contribution < 1.29 is 4.42 Å². The molecule has 1 atom stereocenters. The van der Waals surface area contributed by atoms with Crippen molar-refractivity contribution in [3.05, 3.63) is 77.4 Å². The largest absolute Gasteiger partial charge is 0.419 e. The van der Waals surface area contributed by atoms with E-state index < -0.39 is 0 Å². The summed E-state index contributed by atoms with van der Waals surface area (Å²) in [6.45, 7) is 8.33. The van der Waals surface area contributed by atoms with Crippen LogP contribution in [0.2, 0.25) is 0 Å². The molecule has 28 heavy (non-hydrogen) atoms. The van der Waals surface area contributed by atoms with Crippen molar-refractivity contribution in [2.45, 2.75) is 38.1 Å². The van der Waals surface area contributed by atoms with E-state index in [0.29, 0.717) is 11.8 Å². The van der Waals surface area contributed by atoms with Gasteiger partial charge in [-0.1, -0.05) is 47.2 Å². The Balaban J connectivity index is 1.56. The maximum atomic E-state index is 5.93. The van der Waals surface area contributed by atoms with Gasteiger partial charge in [0.2, 0.25) is 11.8 Å². The summed E-state index contributed by atoms with van der Waals surface area (Å²) in [5.41, 5.74) is 5.72. The van der Waals surface area contributed by atoms with E-state index in [0.717, 1.165) is 16.4 Å². The molecule has 2 aromatic carbocycles. The van der Waals surface area contributed by atoms with E-state index in [4.69, 9.17) is 4.42 Å². The molecule has 0 unspecified atom stereocenters. The zero-order chi connectivity index (χ0) is 19.7. The van der Waals surface area contributed by atoms with Gasteiger partial charge in [0.25, 0.3) is 0 Å². The average molecular weight is 391 g/mol. The van der Waals surface area contributed by atoms with Crippen LogP contribution in [0.3, 0.4) is 0 Å². The first-order valence-corrected chi connectivity index (χ1v) is 10.1. The van der Waals surface area contributed by atoms with Crippen LogP contribution < -0.4 is 0 Å². The molecule has 4 rings (SSSR count). The molecule has 0 N–H and O–H groups in total.